The number of amides is 2. The zero-order chi connectivity index (χ0) is 18.8. The molecule has 2 aliphatic heterocycles. The number of hydrogen-bond acceptors (Lipinski definition) is 4. The molecule has 2 amide bonds. The topological polar surface area (TPSA) is 67.2 Å². The smallest absolute Gasteiger partial charge is 0.320 e. The Hall–Kier alpha value is -2.41. The normalized spacial score (nSPS) is 17.8. The van der Waals surface area contributed by atoms with Gasteiger partial charge in [-0.25, -0.2) is 14.5 Å². The summed E-state index contributed by atoms with van der Waals surface area (Å²) in [6.45, 7) is 5.06. The second kappa shape index (κ2) is 7.68. The van der Waals surface area contributed by atoms with E-state index in [4.69, 9.17) is 11.6 Å². The summed E-state index contributed by atoms with van der Waals surface area (Å²) < 4.78 is 1.72. The first-order valence-electron chi connectivity index (χ1n) is 9.41. The predicted molar refractivity (Wildman–Crippen MR) is 104 cm³/mol. The van der Waals surface area contributed by atoms with Crippen molar-refractivity contribution in [3.63, 3.8) is 0 Å². The van der Waals surface area contributed by atoms with Gasteiger partial charge < -0.3 is 9.80 Å². The zero-order valence-corrected chi connectivity index (χ0v) is 16.2. The third-order valence-corrected chi connectivity index (χ3v) is 5.56. The molecule has 0 bridgehead atoms. The Kier molecular flexibility index (Phi) is 5.11. The molecule has 4 rings (SSSR count). The molecule has 7 nitrogen and oxygen atoms in total. The maximum Gasteiger partial charge on any atom is 0.320 e. The molecule has 1 saturated heterocycles. The van der Waals surface area contributed by atoms with Gasteiger partial charge in [-0.2, -0.15) is 0 Å². The number of aromatic nitrogens is 4. The van der Waals surface area contributed by atoms with Gasteiger partial charge in [0.25, 0.3) is 0 Å². The molecule has 0 unspecified atom stereocenters. The molecule has 4 heterocycles. The molecule has 142 valence electrons. The van der Waals surface area contributed by atoms with Crippen LogP contribution in [-0.4, -0.2) is 62.0 Å². The van der Waals surface area contributed by atoms with Crippen molar-refractivity contribution in [2.45, 2.75) is 32.6 Å². The summed E-state index contributed by atoms with van der Waals surface area (Å²) in [6.07, 6.45) is 7.97. The molecule has 0 aromatic carbocycles. The first-order valence-corrected chi connectivity index (χ1v) is 9.79. The Balaban J connectivity index is 1.50. The standard InChI is InChI=1S/C19H23ClN6O/c1-14-17(22-23-26(14)16-6-5-9-21-18(16)20)15-7-12-25(13-8-15)19(27)24-10-3-2-4-11-24/h5-7,9H,2-4,8,10-13H2,1H3. The van der Waals surface area contributed by atoms with Crippen molar-refractivity contribution in [3.8, 4) is 5.69 Å². The molecule has 27 heavy (non-hydrogen) atoms. The monoisotopic (exact) mass is 386 g/mol. The van der Waals surface area contributed by atoms with E-state index in [2.05, 4.69) is 21.4 Å². The fourth-order valence-electron chi connectivity index (χ4n) is 3.73. The maximum absolute atomic E-state index is 12.7. The Morgan fingerprint density at radius 3 is 2.67 bits per heavy atom. The van der Waals surface area contributed by atoms with Gasteiger partial charge in [0.15, 0.2) is 5.15 Å². The van der Waals surface area contributed by atoms with Crippen molar-refractivity contribution in [1.29, 1.82) is 0 Å². The molecule has 1 fully saturated rings. The summed E-state index contributed by atoms with van der Waals surface area (Å²) in [5.41, 5.74) is 3.63. The largest absolute Gasteiger partial charge is 0.325 e. The van der Waals surface area contributed by atoms with Crippen molar-refractivity contribution in [2.24, 2.45) is 0 Å². The lowest BCUT2D eigenvalue weighted by atomic mass is 10.0. The van der Waals surface area contributed by atoms with Gasteiger partial charge in [-0.1, -0.05) is 22.9 Å². The van der Waals surface area contributed by atoms with Gasteiger partial charge >= 0.3 is 6.03 Å². The first-order chi connectivity index (χ1) is 13.1. The fourth-order valence-corrected chi connectivity index (χ4v) is 3.93. The van der Waals surface area contributed by atoms with E-state index in [0.717, 1.165) is 49.3 Å². The van der Waals surface area contributed by atoms with Gasteiger partial charge in [0, 0.05) is 32.4 Å². The van der Waals surface area contributed by atoms with E-state index in [1.54, 1.807) is 10.9 Å². The highest BCUT2D eigenvalue weighted by Crippen LogP contribution is 2.26. The van der Waals surface area contributed by atoms with Gasteiger partial charge in [0.1, 0.15) is 11.4 Å². The van der Waals surface area contributed by atoms with E-state index < -0.39 is 0 Å². The van der Waals surface area contributed by atoms with E-state index in [-0.39, 0.29) is 6.03 Å². The zero-order valence-electron chi connectivity index (χ0n) is 15.4. The van der Waals surface area contributed by atoms with E-state index >= 15 is 0 Å². The van der Waals surface area contributed by atoms with Gasteiger partial charge in [0.05, 0.1) is 5.69 Å². The minimum Gasteiger partial charge on any atom is -0.325 e. The van der Waals surface area contributed by atoms with Crippen LogP contribution in [0.3, 0.4) is 0 Å². The van der Waals surface area contributed by atoms with Gasteiger partial charge in [-0.15, -0.1) is 5.10 Å². The highest BCUT2D eigenvalue weighted by atomic mass is 35.5. The van der Waals surface area contributed by atoms with Crippen LogP contribution in [0.25, 0.3) is 11.3 Å². The highest BCUT2D eigenvalue weighted by Gasteiger charge is 2.25. The molecule has 0 atom stereocenters. The lowest BCUT2D eigenvalue weighted by molar-refractivity contribution is 0.147. The summed E-state index contributed by atoms with van der Waals surface area (Å²) in [4.78, 5) is 20.7. The molecule has 0 N–H and O–H groups in total. The number of pyridine rings is 1. The summed E-state index contributed by atoms with van der Waals surface area (Å²) in [6, 6.07) is 3.86. The van der Waals surface area contributed by atoms with E-state index in [1.165, 1.54) is 6.42 Å². The second-order valence-corrected chi connectivity index (χ2v) is 7.36. The SMILES string of the molecule is Cc1c(C2=CCN(C(=O)N3CCCCC3)CC2)nnn1-c1cccnc1Cl. The summed E-state index contributed by atoms with van der Waals surface area (Å²) in [5.74, 6) is 0. The van der Waals surface area contributed by atoms with E-state index in [9.17, 15) is 4.79 Å². The summed E-state index contributed by atoms with van der Waals surface area (Å²) in [5, 5.41) is 9.02. The number of carbonyl (C=O) groups is 1. The number of nitrogens with zero attached hydrogens (tertiary/aromatic N) is 6. The van der Waals surface area contributed by atoms with Crippen LogP contribution < -0.4 is 0 Å². The molecule has 2 aromatic heterocycles. The lowest BCUT2D eigenvalue weighted by Crippen LogP contribution is -2.46. The Bertz CT molecular complexity index is 871. The molecule has 0 radical (unpaired) electrons. The molecule has 0 spiro atoms. The van der Waals surface area contributed by atoms with E-state index in [1.807, 2.05) is 28.9 Å². The fraction of sp³-hybridized carbons (Fsp3) is 0.474. The summed E-state index contributed by atoms with van der Waals surface area (Å²) >= 11 is 6.19. The molecule has 8 heteroatoms. The number of likely N-dealkylation sites (tertiary alicyclic amines) is 1. The third-order valence-electron chi connectivity index (χ3n) is 5.27. The van der Waals surface area contributed by atoms with Crippen molar-refractivity contribution >= 4 is 23.2 Å². The van der Waals surface area contributed by atoms with Gasteiger partial charge in [-0.05, 0) is 50.3 Å². The van der Waals surface area contributed by atoms with Crippen molar-refractivity contribution in [3.05, 3.63) is 40.9 Å². The molecule has 2 aliphatic rings. The van der Waals surface area contributed by atoms with Crippen LogP contribution in [0.5, 0.6) is 0 Å². The van der Waals surface area contributed by atoms with Crippen LogP contribution in [0, 0.1) is 6.92 Å². The van der Waals surface area contributed by atoms with Crippen LogP contribution in [0.2, 0.25) is 5.15 Å². The molecule has 2 aromatic rings. The van der Waals surface area contributed by atoms with Crippen LogP contribution in [0.1, 0.15) is 37.1 Å². The van der Waals surface area contributed by atoms with Gasteiger partial charge in [-0.3, -0.25) is 0 Å². The van der Waals surface area contributed by atoms with Gasteiger partial charge in [0.2, 0.25) is 0 Å². The molecular formula is C19H23ClN6O. The van der Waals surface area contributed by atoms with Crippen molar-refractivity contribution in [1.82, 2.24) is 29.8 Å². The number of urea groups is 1. The highest BCUT2D eigenvalue weighted by molar-refractivity contribution is 6.31. The average Bonchev–Trinajstić information content (AvgIpc) is 3.10. The average molecular weight is 387 g/mol. The molecule has 0 aliphatic carbocycles. The molecular weight excluding hydrogens is 364 g/mol. The first kappa shape index (κ1) is 18.0. The minimum absolute atomic E-state index is 0.160. The maximum atomic E-state index is 12.7. The second-order valence-electron chi connectivity index (χ2n) is 7.00. The predicted octanol–water partition coefficient (Wildman–Crippen LogP) is 3.32. The van der Waals surface area contributed by atoms with Crippen molar-refractivity contribution in [2.75, 3.05) is 26.2 Å². The number of hydrogen-bond donors (Lipinski definition) is 0. The van der Waals surface area contributed by atoms with Crippen LogP contribution in [-0.2, 0) is 0 Å². The summed E-state index contributed by atoms with van der Waals surface area (Å²) in [7, 11) is 0. The van der Waals surface area contributed by atoms with Crippen LogP contribution in [0.4, 0.5) is 4.79 Å². The number of carbonyl (C=O) groups excluding carboxylic acids is 1. The minimum atomic E-state index is 0.160. The number of halogens is 1. The third kappa shape index (κ3) is 3.56. The van der Waals surface area contributed by atoms with Crippen molar-refractivity contribution < 1.29 is 4.79 Å². The van der Waals surface area contributed by atoms with Crippen LogP contribution >= 0.6 is 11.6 Å². The van der Waals surface area contributed by atoms with Crippen LogP contribution in [0.15, 0.2) is 24.4 Å². The Morgan fingerprint density at radius 2 is 1.96 bits per heavy atom. The number of rotatable bonds is 2. The van der Waals surface area contributed by atoms with E-state index in [0.29, 0.717) is 23.9 Å². The Morgan fingerprint density at radius 1 is 1.15 bits per heavy atom. The quantitative estimate of drug-likeness (QED) is 0.742. The lowest BCUT2D eigenvalue weighted by Gasteiger charge is -2.34. The number of piperidine rings is 1. The molecule has 0 saturated carbocycles. The Labute approximate surface area is 163 Å².